The summed E-state index contributed by atoms with van der Waals surface area (Å²) in [6.07, 6.45) is 3.45. The van der Waals surface area contributed by atoms with Crippen LogP contribution in [0.25, 0.3) is 0 Å². The first-order valence-electron chi connectivity index (χ1n) is 6.34. The Morgan fingerprint density at radius 3 is 2.59 bits per heavy atom. The molecule has 0 fully saturated rings. The molecule has 0 spiro atoms. The van der Waals surface area contributed by atoms with Crippen LogP contribution >= 0.6 is 15.9 Å². The summed E-state index contributed by atoms with van der Waals surface area (Å²) in [5.41, 5.74) is 0. The molecule has 3 heteroatoms. The number of ether oxygens (including phenoxy) is 1. The molecule has 0 unspecified atom stereocenters. The van der Waals surface area contributed by atoms with Gasteiger partial charge in [0.05, 0.1) is 6.61 Å². The van der Waals surface area contributed by atoms with Gasteiger partial charge in [-0.3, -0.25) is 0 Å². The van der Waals surface area contributed by atoms with Crippen molar-refractivity contribution in [1.29, 1.82) is 0 Å². The monoisotopic (exact) mass is 299 g/mol. The molecule has 1 atom stereocenters. The average molecular weight is 300 g/mol. The topological polar surface area (TPSA) is 21.3 Å². The second kappa shape index (κ2) is 8.54. The molecular weight excluding hydrogens is 278 g/mol. The molecule has 1 rings (SSSR count). The number of hydrogen-bond acceptors (Lipinski definition) is 2. The Morgan fingerprint density at radius 1 is 1.24 bits per heavy atom. The van der Waals surface area contributed by atoms with Crippen LogP contribution in [0.4, 0.5) is 0 Å². The molecule has 1 aromatic rings. The van der Waals surface area contributed by atoms with E-state index in [-0.39, 0.29) is 0 Å². The molecule has 0 aliphatic carbocycles. The van der Waals surface area contributed by atoms with E-state index in [0.29, 0.717) is 6.04 Å². The van der Waals surface area contributed by atoms with Crippen LogP contribution in [0, 0.1) is 0 Å². The third-order valence-corrected chi connectivity index (χ3v) is 3.29. The molecular formula is C14H22BrNO. The number of rotatable bonds is 8. The lowest BCUT2D eigenvalue weighted by molar-refractivity contribution is 0.304. The minimum absolute atomic E-state index is 0.627. The fourth-order valence-corrected chi connectivity index (χ4v) is 1.71. The maximum atomic E-state index is 5.65. The van der Waals surface area contributed by atoms with Crippen molar-refractivity contribution in [2.75, 3.05) is 13.2 Å². The molecule has 0 aromatic heterocycles. The van der Waals surface area contributed by atoms with Gasteiger partial charge in [0.1, 0.15) is 5.75 Å². The van der Waals surface area contributed by atoms with E-state index in [2.05, 4.69) is 35.1 Å². The highest BCUT2D eigenvalue weighted by Gasteiger charge is 1.97. The van der Waals surface area contributed by atoms with Crippen LogP contribution in [-0.4, -0.2) is 19.2 Å². The fourth-order valence-electron chi connectivity index (χ4n) is 1.44. The summed E-state index contributed by atoms with van der Waals surface area (Å²) in [6.45, 7) is 6.30. The Morgan fingerprint density at radius 2 is 1.94 bits per heavy atom. The fraction of sp³-hybridized carbons (Fsp3) is 0.571. The zero-order valence-corrected chi connectivity index (χ0v) is 12.3. The SMILES string of the molecule is CC[C@@H](C)NCCCCOc1ccc(Br)cc1. The lowest BCUT2D eigenvalue weighted by atomic mass is 10.2. The van der Waals surface area contributed by atoms with Gasteiger partial charge >= 0.3 is 0 Å². The highest BCUT2D eigenvalue weighted by molar-refractivity contribution is 9.10. The molecule has 0 radical (unpaired) electrons. The van der Waals surface area contributed by atoms with E-state index in [1.807, 2.05) is 24.3 Å². The van der Waals surface area contributed by atoms with Crippen LogP contribution in [-0.2, 0) is 0 Å². The molecule has 0 saturated carbocycles. The molecule has 0 aliphatic heterocycles. The average Bonchev–Trinajstić information content (AvgIpc) is 2.35. The Bertz CT molecular complexity index is 300. The van der Waals surface area contributed by atoms with Gasteiger partial charge in [0.2, 0.25) is 0 Å². The molecule has 2 nitrogen and oxygen atoms in total. The summed E-state index contributed by atoms with van der Waals surface area (Å²) in [7, 11) is 0. The van der Waals surface area contributed by atoms with E-state index in [1.165, 1.54) is 12.8 Å². The van der Waals surface area contributed by atoms with Gasteiger partial charge in [0.25, 0.3) is 0 Å². The van der Waals surface area contributed by atoms with Crippen molar-refractivity contribution >= 4 is 15.9 Å². The van der Waals surface area contributed by atoms with Crippen LogP contribution in [0.5, 0.6) is 5.75 Å². The lowest BCUT2D eigenvalue weighted by Crippen LogP contribution is -2.26. The van der Waals surface area contributed by atoms with Gasteiger partial charge in [0, 0.05) is 10.5 Å². The summed E-state index contributed by atoms with van der Waals surface area (Å²) in [5, 5.41) is 3.48. The van der Waals surface area contributed by atoms with Gasteiger partial charge in [-0.05, 0) is 57.0 Å². The summed E-state index contributed by atoms with van der Waals surface area (Å²) >= 11 is 3.40. The van der Waals surface area contributed by atoms with Gasteiger partial charge in [0.15, 0.2) is 0 Å². The number of unbranched alkanes of at least 4 members (excludes halogenated alkanes) is 1. The van der Waals surface area contributed by atoms with E-state index in [0.717, 1.165) is 29.8 Å². The normalized spacial score (nSPS) is 12.4. The zero-order chi connectivity index (χ0) is 12.5. The maximum absolute atomic E-state index is 5.65. The highest BCUT2D eigenvalue weighted by Crippen LogP contribution is 2.16. The first kappa shape index (κ1) is 14.5. The zero-order valence-electron chi connectivity index (χ0n) is 10.7. The molecule has 0 bridgehead atoms. The smallest absolute Gasteiger partial charge is 0.119 e. The third kappa shape index (κ3) is 6.69. The predicted octanol–water partition coefficient (Wildman–Crippen LogP) is 4.00. The number of hydrogen-bond donors (Lipinski definition) is 1. The predicted molar refractivity (Wildman–Crippen MR) is 76.6 cm³/mol. The van der Waals surface area contributed by atoms with Crippen LogP contribution < -0.4 is 10.1 Å². The minimum atomic E-state index is 0.627. The summed E-state index contributed by atoms with van der Waals surface area (Å²) < 4.78 is 6.73. The van der Waals surface area contributed by atoms with Crippen LogP contribution in [0.2, 0.25) is 0 Å². The van der Waals surface area contributed by atoms with Crippen molar-refractivity contribution in [2.45, 2.75) is 39.2 Å². The standard InChI is InChI=1S/C14H22BrNO/c1-3-12(2)16-10-4-5-11-17-14-8-6-13(15)7-9-14/h6-9,12,16H,3-5,10-11H2,1-2H3/t12-/m1/s1. The van der Waals surface area contributed by atoms with Crippen molar-refractivity contribution in [1.82, 2.24) is 5.32 Å². The van der Waals surface area contributed by atoms with E-state index in [4.69, 9.17) is 4.74 Å². The maximum Gasteiger partial charge on any atom is 0.119 e. The van der Waals surface area contributed by atoms with E-state index >= 15 is 0 Å². The Kier molecular flexibility index (Phi) is 7.29. The molecule has 0 aliphatic rings. The Balaban J connectivity index is 2.02. The second-order valence-electron chi connectivity index (χ2n) is 4.27. The van der Waals surface area contributed by atoms with Gasteiger partial charge in [-0.15, -0.1) is 0 Å². The largest absolute Gasteiger partial charge is 0.494 e. The van der Waals surface area contributed by atoms with Crippen molar-refractivity contribution in [3.05, 3.63) is 28.7 Å². The van der Waals surface area contributed by atoms with Crippen molar-refractivity contribution in [3.8, 4) is 5.75 Å². The van der Waals surface area contributed by atoms with Gasteiger partial charge in [-0.2, -0.15) is 0 Å². The Labute approximate surface area is 113 Å². The molecule has 17 heavy (non-hydrogen) atoms. The van der Waals surface area contributed by atoms with Crippen LogP contribution in [0.1, 0.15) is 33.1 Å². The number of halogens is 1. The van der Waals surface area contributed by atoms with Gasteiger partial charge in [-0.1, -0.05) is 22.9 Å². The van der Waals surface area contributed by atoms with Crippen LogP contribution in [0.15, 0.2) is 28.7 Å². The van der Waals surface area contributed by atoms with E-state index in [1.54, 1.807) is 0 Å². The molecule has 1 N–H and O–H groups in total. The highest BCUT2D eigenvalue weighted by atomic mass is 79.9. The molecule has 0 amide bonds. The second-order valence-corrected chi connectivity index (χ2v) is 5.19. The molecule has 96 valence electrons. The third-order valence-electron chi connectivity index (χ3n) is 2.76. The molecule has 0 heterocycles. The summed E-state index contributed by atoms with van der Waals surface area (Å²) in [5.74, 6) is 0.947. The number of nitrogens with one attached hydrogen (secondary N) is 1. The van der Waals surface area contributed by atoms with E-state index < -0.39 is 0 Å². The van der Waals surface area contributed by atoms with Crippen molar-refractivity contribution < 1.29 is 4.74 Å². The molecule has 0 saturated heterocycles. The summed E-state index contributed by atoms with van der Waals surface area (Å²) in [6, 6.07) is 8.60. The first-order chi connectivity index (χ1) is 8.22. The van der Waals surface area contributed by atoms with Gasteiger partial charge < -0.3 is 10.1 Å². The van der Waals surface area contributed by atoms with E-state index in [9.17, 15) is 0 Å². The van der Waals surface area contributed by atoms with Crippen molar-refractivity contribution in [2.24, 2.45) is 0 Å². The Hall–Kier alpha value is -0.540. The van der Waals surface area contributed by atoms with Crippen molar-refractivity contribution in [3.63, 3.8) is 0 Å². The lowest BCUT2D eigenvalue weighted by Gasteiger charge is -2.11. The first-order valence-corrected chi connectivity index (χ1v) is 7.13. The molecule has 1 aromatic carbocycles. The minimum Gasteiger partial charge on any atom is -0.494 e. The summed E-state index contributed by atoms with van der Waals surface area (Å²) in [4.78, 5) is 0. The number of benzene rings is 1. The van der Waals surface area contributed by atoms with Crippen LogP contribution in [0.3, 0.4) is 0 Å². The quantitative estimate of drug-likeness (QED) is 0.733. The van der Waals surface area contributed by atoms with Gasteiger partial charge in [-0.25, -0.2) is 0 Å².